The van der Waals surface area contributed by atoms with E-state index in [2.05, 4.69) is 26.0 Å². The van der Waals surface area contributed by atoms with Crippen molar-refractivity contribution in [2.24, 2.45) is 0 Å². The van der Waals surface area contributed by atoms with Crippen molar-refractivity contribution in [3.8, 4) is 0 Å². The van der Waals surface area contributed by atoms with Gasteiger partial charge in [0.2, 0.25) is 0 Å². The Morgan fingerprint density at radius 1 is 1.15 bits per heavy atom. The number of benzene rings is 1. The molecule has 0 aliphatic carbocycles. The maximum absolute atomic E-state index is 12.7. The van der Waals surface area contributed by atoms with E-state index in [-0.39, 0.29) is 23.3 Å². The largest absolute Gasteiger partial charge is 0.344 e. The summed E-state index contributed by atoms with van der Waals surface area (Å²) in [5.74, 6) is 0.888. The molecule has 1 saturated heterocycles. The average molecular weight is 392 g/mol. The van der Waals surface area contributed by atoms with Crippen LogP contribution in [0.4, 0.5) is 0 Å². The number of nitrogens with zero attached hydrogens (tertiary/aromatic N) is 1. The van der Waals surface area contributed by atoms with Gasteiger partial charge in [-0.15, -0.1) is 11.8 Å². The molecule has 1 aromatic heterocycles. The van der Waals surface area contributed by atoms with Crippen LogP contribution in [0.25, 0.3) is 0 Å². The molecule has 0 amide bonds. The number of Topliss-reactive ketones (excluding diaryl/α,β-unsaturated/α-hetero) is 1. The van der Waals surface area contributed by atoms with Gasteiger partial charge in [0.1, 0.15) is 0 Å². The number of hydrogen-bond donors (Lipinski definition) is 0. The SMILES string of the molecule is Cc1ccc(SCC(=O)c2cc(C)n([C@@H]3CCS(=O)(=O)C3)c2C)cc1C. The maximum Gasteiger partial charge on any atom is 0.174 e. The molecule has 0 spiro atoms. The van der Waals surface area contributed by atoms with Gasteiger partial charge in [0.25, 0.3) is 0 Å². The van der Waals surface area contributed by atoms with Gasteiger partial charge in [-0.05, 0) is 63.4 Å². The Kier molecular flexibility index (Phi) is 5.35. The van der Waals surface area contributed by atoms with Gasteiger partial charge in [0, 0.05) is 27.9 Å². The van der Waals surface area contributed by atoms with Crippen LogP contribution in [0.2, 0.25) is 0 Å². The van der Waals surface area contributed by atoms with Crippen molar-refractivity contribution in [1.82, 2.24) is 4.57 Å². The third-order valence-electron chi connectivity index (χ3n) is 5.21. The van der Waals surface area contributed by atoms with E-state index in [0.717, 1.165) is 16.3 Å². The lowest BCUT2D eigenvalue weighted by Crippen LogP contribution is -2.14. The van der Waals surface area contributed by atoms with Crippen LogP contribution < -0.4 is 0 Å². The normalized spacial score (nSPS) is 19.0. The minimum atomic E-state index is -2.95. The third-order valence-corrected chi connectivity index (χ3v) is 7.95. The first-order valence-electron chi connectivity index (χ1n) is 8.80. The molecule has 3 rings (SSSR count). The molecular formula is C20H25NO3S2. The second kappa shape index (κ2) is 7.24. The van der Waals surface area contributed by atoms with Gasteiger partial charge in [0.15, 0.2) is 15.6 Å². The van der Waals surface area contributed by atoms with Crippen LogP contribution in [0.3, 0.4) is 0 Å². The molecule has 0 unspecified atom stereocenters. The first-order valence-corrected chi connectivity index (χ1v) is 11.6. The van der Waals surface area contributed by atoms with E-state index in [4.69, 9.17) is 0 Å². The third kappa shape index (κ3) is 3.91. The highest BCUT2D eigenvalue weighted by atomic mass is 32.2. The van der Waals surface area contributed by atoms with Gasteiger partial charge >= 0.3 is 0 Å². The smallest absolute Gasteiger partial charge is 0.174 e. The highest BCUT2D eigenvalue weighted by Crippen LogP contribution is 2.30. The number of carbonyl (C=O) groups is 1. The molecule has 6 heteroatoms. The predicted molar refractivity (Wildman–Crippen MR) is 107 cm³/mol. The van der Waals surface area contributed by atoms with Crippen LogP contribution in [0.1, 0.15) is 45.3 Å². The van der Waals surface area contributed by atoms with Gasteiger partial charge < -0.3 is 4.57 Å². The van der Waals surface area contributed by atoms with Crippen LogP contribution in [0, 0.1) is 27.7 Å². The topological polar surface area (TPSA) is 56.1 Å². The van der Waals surface area contributed by atoms with Crippen molar-refractivity contribution >= 4 is 27.4 Å². The van der Waals surface area contributed by atoms with Crippen LogP contribution in [0.5, 0.6) is 0 Å². The maximum atomic E-state index is 12.7. The van der Waals surface area contributed by atoms with Crippen molar-refractivity contribution in [2.45, 2.75) is 45.1 Å². The summed E-state index contributed by atoms with van der Waals surface area (Å²) in [4.78, 5) is 13.8. The summed E-state index contributed by atoms with van der Waals surface area (Å²) >= 11 is 1.55. The molecule has 1 atom stereocenters. The number of hydrogen-bond acceptors (Lipinski definition) is 4. The van der Waals surface area contributed by atoms with Crippen LogP contribution >= 0.6 is 11.8 Å². The molecule has 26 heavy (non-hydrogen) atoms. The zero-order valence-electron chi connectivity index (χ0n) is 15.7. The fourth-order valence-electron chi connectivity index (χ4n) is 3.63. The second-order valence-electron chi connectivity index (χ2n) is 7.17. The summed E-state index contributed by atoms with van der Waals surface area (Å²) in [7, 11) is -2.95. The zero-order chi connectivity index (χ0) is 19.1. The highest BCUT2D eigenvalue weighted by Gasteiger charge is 2.31. The Bertz CT molecular complexity index is 958. The zero-order valence-corrected chi connectivity index (χ0v) is 17.3. The summed E-state index contributed by atoms with van der Waals surface area (Å²) in [6, 6.07) is 8.10. The fraction of sp³-hybridized carbons (Fsp3) is 0.450. The molecule has 0 bridgehead atoms. The molecule has 0 radical (unpaired) electrons. The molecule has 2 aromatic rings. The molecule has 1 fully saturated rings. The number of aryl methyl sites for hydroxylation is 3. The van der Waals surface area contributed by atoms with Gasteiger partial charge in [0.05, 0.1) is 17.3 Å². The minimum Gasteiger partial charge on any atom is -0.344 e. The monoisotopic (exact) mass is 391 g/mol. The van der Waals surface area contributed by atoms with Crippen LogP contribution in [-0.2, 0) is 9.84 Å². The lowest BCUT2D eigenvalue weighted by atomic mass is 10.1. The molecule has 0 saturated carbocycles. The minimum absolute atomic E-state index is 0.0473. The first-order chi connectivity index (χ1) is 12.2. The Labute approximate surface area is 159 Å². The number of carbonyl (C=O) groups excluding carboxylic acids is 1. The molecular weight excluding hydrogens is 366 g/mol. The van der Waals surface area contributed by atoms with E-state index in [1.807, 2.05) is 30.5 Å². The van der Waals surface area contributed by atoms with E-state index in [1.54, 1.807) is 11.8 Å². The molecule has 1 aliphatic rings. The van der Waals surface area contributed by atoms with E-state index < -0.39 is 9.84 Å². The second-order valence-corrected chi connectivity index (χ2v) is 10.4. The molecule has 1 aliphatic heterocycles. The number of sulfone groups is 1. The van der Waals surface area contributed by atoms with E-state index in [9.17, 15) is 13.2 Å². The summed E-state index contributed by atoms with van der Waals surface area (Å²) in [6.45, 7) is 8.02. The number of ketones is 1. The Hall–Kier alpha value is -1.53. The average Bonchev–Trinajstić information content (AvgIpc) is 3.07. The van der Waals surface area contributed by atoms with Crippen molar-refractivity contribution in [3.05, 3.63) is 52.3 Å². The van der Waals surface area contributed by atoms with Gasteiger partial charge in [-0.3, -0.25) is 4.79 Å². The van der Waals surface area contributed by atoms with E-state index >= 15 is 0 Å². The highest BCUT2D eigenvalue weighted by molar-refractivity contribution is 8.00. The number of thioether (sulfide) groups is 1. The van der Waals surface area contributed by atoms with Crippen molar-refractivity contribution in [2.75, 3.05) is 17.3 Å². The first kappa shape index (κ1) is 19.2. The molecule has 2 heterocycles. The quantitative estimate of drug-likeness (QED) is 0.570. The lowest BCUT2D eigenvalue weighted by Gasteiger charge is -2.16. The Morgan fingerprint density at radius 2 is 1.88 bits per heavy atom. The summed E-state index contributed by atoms with van der Waals surface area (Å²) < 4.78 is 25.6. The van der Waals surface area contributed by atoms with Crippen LogP contribution in [0.15, 0.2) is 29.2 Å². The molecule has 1 aromatic carbocycles. The van der Waals surface area contributed by atoms with Crippen molar-refractivity contribution in [1.29, 1.82) is 0 Å². The van der Waals surface area contributed by atoms with E-state index in [1.165, 1.54) is 11.1 Å². The van der Waals surface area contributed by atoms with Gasteiger partial charge in [-0.25, -0.2) is 8.42 Å². The summed E-state index contributed by atoms with van der Waals surface area (Å²) in [5, 5.41) is 0. The molecule has 0 N–H and O–H groups in total. The van der Waals surface area contributed by atoms with E-state index in [0.29, 0.717) is 17.7 Å². The predicted octanol–water partition coefficient (Wildman–Crippen LogP) is 4.06. The Morgan fingerprint density at radius 3 is 2.50 bits per heavy atom. The number of aromatic nitrogens is 1. The van der Waals surface area contributed by atoms with Gasteiger partial charge in [-0.1, -0.05) is 6.07 Å². The summed E-state index contributed by atoms with van der Waals surface area (Å²) in [5.41, 5.74) is 5.03. The standard InChI is InChI=1S/C20H25NO3S2/c1-13-5-6-18(9-14(13)2)25-11-20(22)19-10-15(3)21(16(19)4)17-7-8-26(23,24)12-17/h5-6,9-10,17H,7-8,11-12H2,1-4H3/t17-/m1/s1. The lowest BCUT2D eigenvalue weighted by molar-refractivity contribution is 0.102. The van der Waals surface area contributed by atoms with Crippen LogP contribution in [-0.4, -0.2) is 36.0 Å². The van der Waals surface area contributed by atoms with Gasteiger partial charge in [-0.2, -0.15) is 0 Å². The van der Waals surface area contributed by atoms with Crippen molar-refractivity contribution < 1.29 is 13.2 Å². The fourth-order valence-corrected chi connectivity index (χ4v) is 6.21. The van der Waals surface area contributed by atoms with Crippen molar-refractivity contribution in [3.63, 3.8) is 0 Å². The number of rotatable bonds is 5. The Balaban J connectivity index is 1.76. The molecule has 140 valence electrons. The molecule has 4 nitrogen and oxygen atoms in total. The summed E-state index contributed by atoms with van der Waals surface area (Å²) in [6.07, 6.45) is 0.629.